The fourth-order valence-electron chi connectivity index (χ4n) is 1.01. The second-order valence-electron chi connectivity index (χ2n) is 2.31. The lowest BCUT2D eigenvalue weighted by molar-refractivity contribution is 0.453. The number of rotatable bonds is 3. The Kier molecular flexibility index (Phi) is 2.91. The van der Waals surface area contributed by atoms with Crippen LogP contribution < -0.4 is 0 Å². The highest BCUT2D eigenvalue weighted by Gasteiger charge is 2.06. The van der Waals surface area contributed by atoms with E-state index in [9.17, 15) is 13.6 Å². The molecule has 0 atom stereocenters. The van der Waals surface area contributed by atoms with E-state index in [0.29, 0.717) is 0 Å². The molecule has 1 nitrogen and oxygen atoms in total. The van der Waals surface area contributed by atoms with Crippen LogP contribution in [0.2, 0.25) is 0 Å². The molecule has 0 aromatic heterocycles. The predicted octanol–water partition coefficient (Wildman–Crippen LogP) is 2.08. The summed E-state index contributed by atoms with van der Waals surface area (Å²) in [5.41, 5.74) is 0.431. The Morgan fingerprint density at radius 2 is 2.00 bits per heavy atom. The summed E-state index contributed by atoms with van der Waals surface area (Å²) in [4.78, 5) is 10.2. The number of hydrogen-bond donors (Lipinski definition) is 0. The summed E-state index contributed by atoms with van der Waals surface area (Å²) in [5, 5.41) is 0. The first-order valence-electron chi connectivity index (χ1n) is 3.44. The van der Waals surface area contributed by atoms with E-state index in [1.165, 1.54) is 18.2 Å². The van der Waals surface area contributed by atoms with Crippen LogP contribution in [0.5, 0.6) is 0 Å². The first-order chi connectivity index (χ1) is 5.83. The molecule has 0 fully saturated rings. The van der Waals surface area contributed by atoms with Crippen LogP contribution in [0.3, 0.4) is 0 Å². The summed E-state index contributed by atoms with van der Waals surface area (Å²) in [5.74, 6) is 0. The first-order valence-corrected chi connectivity index (χ1v) is 3.44. The molecular formula is C9H7F2O. The summed E-state index contributed by atoms with van der Waals surface area (Å²) in [6.45, 7) is -1.58. The van der Waals surface area contributed by atoms with Gasteiger partial charge in [-0.05, 0) is 11.1 Å². The molecule has 0 N–H and O–H groups in total. The maximum Gasteiger partial charge on any atom is 0.233 e. The molecule has 1 aromatic rings. The lowest BCUT2D eigenvalue weighted by Crippen LogP contribution is -1.95. The van der Waals surface area contributed by atoms with Crippen LogP contribution in [0.15, 0.2) is 18.2 Å². The molecule has 0 bridgehead atoms. The van der Waals surface area contributed by atoms with Crippen LogP contribution in [0.1, 0.15) is 16.7 Å². The summed E-state index contributed by atoms with van der Waals surface area (Å²) >= 11 is 0. The summed E-state index contributed by atoms with van der Waals surface area (Å²) in [6.07, 6.45) is 1.56. The Labute approximate surface area is 69.0 Å². The van der Waals surface area contributed by atoms with Gasteiger partial charge in [0.2, 0.25) is 6.29 Å². The second-order valence-corrected chi connectivity index (χ2v) is 2.31. The molecule has 0 saturated heterocycles. The number of carbonyl (C=O) groups excluding carboxylic acids is 1. The molecule has 0 saturated carbocycles. The third kappa shape index (κ3) is 1.49. The lowest BCUT2D eigenvalue weighted by atomic mass is 10.0. The van der Waals surface area contributed by atoms with Crippen LogP contribution in [0, 0.1) is 0 Å². The lowest BCUT2D eigenvalue weighted by Gasteiger charge is -2.03. The minimum atomic E-state index is -0.829. The molecule has 0 aliphatic carbocycles. The summed E-state index contributed by atoms with van der Waals surface area (Å²) in [6, 6.07) is 4.38. The Morgan fingerprint density at radius 1 is 1.25 bits per heavy atom. The average Bonchev–Trinajstić information content (AvgIpc) is 2.16. The van der Waals surface area contributed by atoms with Crippen molar-refractivity contribution in [2.45, 2.75) is 13.3 Å². The summed E-state index contributed by atoms with van der Waals surface area (Å²) < 4.78 is 24.5. The molecule has 12 heavy (non-hydrogen) atoms. The zero-order valence-corrected chi connectivity index (χ0v) is 6.31. The van der Waals surface area contributed by atoms with Crippen molar-refractivity contribution in [2.75, 3.05) is 0 Å². The van der Waals surface area contributed by atoms with Crippen LogP contribution in [-0.4, -0.2) is 6.29 Å². The van der Waals surface area contributed by atoms with Gasteiger partial charge in [0, 0.05) is 5.56 Å². The van der Waals surface area contributed by atoms with Crippen molar-refractivity contribution in [3.63, 3.8) is 0 Å². The molecule has 1 rings (SSSR count). The molecule has 63 valence electrons. The van der Waals surface area contributed by atoms with Gasteiger partial charge in [-0.2, -0.15) is 0 Å². The van der Waals surface area contributed by atoms with Crippen molar-refractivity contribution >= 4 is 6.29 Å². The van der Waals surface area contributed by atoms with Crippen LogP contribution in [0.4, 0.5) is 8.78 Å². The van der Waals surface area contributed by atoms with Gasteiger partial charge < -0.3 is 0 Å². The Morgan fingerprint density at radius 3 is 2.50 bits per heavy atom. The van der Waals surface area contributed by atoms with E-state index in [-0.39, 0.29) is 16.7 Å². The fraction of sp³-hybridized carbons (Fsp3) is 0.222. The largest absolute Gasteiger partial charge is 0.285 e. The van der Waals surface area contributed by atoms with Gasteiger partial charge >= 0.3 is 0 Å². The molecule has 1 aromatic carbocycles. The highest BCUT2D eigenvalue weighted by molar-refractivity contribution is 5.78. The van der Waals surface area contributed by atoms with E-state index in [1.807, 2.05) is 0 Å². The number of alkyl halides is 2. The highest BCUT2D eigenvalue weighted by atomic mass is 19.1. The van der Waals surface area contributed by atoms with Crippen molar-refractivity contribution in [3.05, 3.63) is 34.9 Å². The third-order valence-corrected chi connectivity index (χ3v) is 1.66. The van der Waals surface area contributed by atoms with Crippen molar-refractivity contribution in [3.8, 4) is 0 Å². The number of halogens is 2. The van der Waals surface area contributed by atoms with Crippen molar-refractivity contribution in [1.29, 1.82) is 0 Å². The topological polar surface area (TPSA) is 17.1 Å². The third-order valence-electron chi connectivity index (χ3n) is 1.66. The van der Waals surface area contributed by atoms with E-state index in [4.69, 9.17) is 0 Å². The molecule has 0 aliphatic rings. The Hall–Kier alpha value is -1.25. The molecule has 0 spiro atoms. The van der Waals surface area contributed by atoms with E-state index in [0.717, 1.165) is 0 Å². The first kappa shape index (κ1) is 8.84. The van der Waals surface area contributed by atoms with E-state index in [2.05, 4.69) is 0 Å². The maximum absolute atomic E-state index is 12.3. The molecule has 0 amide bonds. The SMILES string of the molecule is O=[C]c1cccc(CF)c1CF. The van der Waals surface area contributed by atoms with Gasteiger partial charge in [0.25, 0.3) is 0 Å². The smallest absolute Gasteiger partial charge is 0.233 e. The quantitative estimate of drug-likeness (QED) is 0.677. The van der Waals surface area contributed by atoms with Crippen molar-refractivity contribution in [2.24, 2.45) is 0 Å². The number of benzene rings is 1. The monoisotopic (exact) mass is 169 g/mol. The average molecular weight is 169 g/mol. The van der Waals surface area contributed by atoms with Gasteiger partial charge in [0.05, 0.1) is 0 Å². The minimum Gasteiger partial charge on any atom is -0.285 e. The maximum atomic E-state index is 12.3. The Bertz CT molecular complexity index is 284. The molecule has 3 heteroatoms. The standard InChI is InChI=1S/C9H7F2O/c10-4-7-2-1-3-8(6-12)9(7)5-11/h1-3H,4-5H2. The van der Waals surface area contributed by atoms with Crippen molar-refractivity contribution in [1.82, 2.24) is 0 Å². The van der Waals surface area contributed by atoms with Gasteiger partial charge in [-0.3, -0.25) is 4.79 Å². The van der Waals surface area contributed by atoms with Gasteiger partial charge in [0.1, 0.15) is 13.3 Å². The van der Waals surface area contributed by atoms with Gasteiger partial charge in [-0.15, -0.1) is 0 Å². The van der Waals surface area contributed by atoms with Gasteiger partial charge in [-0.25, -0.2) is 8.78 Å². The molecule has 0 heterocycles. The van der Waals surface area contributed by atoms with E-state index < -0.39 is 13.3 Å². The predicted molar refractivity (Wildman–Crippen MR) is 40.9 cm³/mol. The molecule has 0 aliphatic heterocycles. The van der Waals surface area contributed by atoms with Crippen LogP contribution in [-0.2, 0) is 18.1 Å². The van der Waals surface area contributed by atoms with Crippen molar-refractivity contribution < 1.29 is 13.6 Å². The highest BCUT2D eigenvalue weighted by Crippen LogP contribution is 2.15. The molecule has 0 unspecified atom stereocenters. The van der Waals surface area contributed by atoms with Gasteiger partial charge in [0.15, 0.2) is 0 Å². The summed E-state index contributed by atoms with van der Waals surface area (Å²) in [7, 11) is 0. The normalized spacial score (nSPS) is 9.83. The fourth-order valence-corrected chi connectivity index (χ4v) is 1.01. The second kappa shape index (κ2) is 3.95. The zero-order valence-electron chi connectivity index (χ0n) is 6.31. The van der Waals surface area contributed by atoms with E-state index >= 15 is 0 Å². The Balaban J connectivity index is 3.21. The molecular weight excluding hydrogens is 162 g/mol. The van der Waals surface area contributed by atoms with E-state index in [1.54, 1.807) is 6.29 Å². The molecule has 1 radical (unpaired) electrons. The number of hydrogen-bond acceptors (Lipinski definition) is 1. The minimum absolute atomic E-state index is 0.104. The van der Waals surface area contributed by atoms with Gasteiger partial charge in [-0.1, -0.05) is 18.2 Å². The zero-order chi connectivity index (χ0) is 8.97. The van der Waals surface area contributed by atoms with Crippen LogP contribution >= 0.6 is 0 Å². The van der Waals surface area contributed by atoms with Crippen LogP contribution in [0.25, 0.3) is 0 Å².